The summed E-state index contributed by atoms with van der Waals surface area (Å²) < 4.78 is 0. The summed E-state index contributed by atoms with van der Waals surface area (Å²) in [4.78, 5) is 10.1. The van der Waals surface area contributed by atoms with Crippen LogP contribution in [0, 0.1) is 11.8 Å². The first-order valence-electron chi connectivity index (χ1n) is 4.43. The normalized spacial score (nSPS) is 14.0. The summed E-state index contributed by atoms with van der Waals surface area (Å²) in [6, 6.07) is 0. The molecule has 2 nitrogen and oxygen atoms in total. The van der Waals surface area contributed by atoms with Crippen molar-refractivity contribution >= 4 is 5.97 Å². The van der Waals surface area contributed by atoms with Crippen LogP contribution < -0.4 is 0 Å². The van der Waals surface area contributed by atoms with Crippen LogP contribution in [-0.2, 0) is 4.79 Å². The average Bonchev–Trinajstić information content (AvgIpc) is 1.97. The highest BCUT2D eigenvalue weighted by atomic mass is 16.4. The van der Waals surface area contributed by atoms with Crippen molar-refractivity contribution in [3.05, 3.63) is 12.2 Å². The Morgan fingerprint density at radius 3 is 2.42 bits per heavy atom. The largest absolute Gasteiger partial charge is 0.478 e. The molecule has 0 saturated carbocycles. The Morgan fingerprint density at radius 1 is 1.42 bits per heavy atom. The zero-order valence-corrected chi connectivity index (χ0v) is 8.08. The van der Waals surface area contributed by atoms with Crippen molar-refractivity contribution in [2.75, 3.05) is 0 Å². The van der Waals surface area contributed by atoms with Crippen molar-refractivity contribution in [3.63, 3.8) is 0 Å². The van der Waals surface area contributed by atoms with E-state index in [4.69, 9.17) is 5.11 Å². The Morgan fingerprint density at radius 2 is 2.00 bits per heavy atom. The second-order valence-electron chi connectivity index (χ2n) is 3.54. The Labute approximate surface area is 74.3 Å². The maximum absolute atomic E-state index is 10.1. The summed E-state index contributed by atoms with van der Waals surface area (Å²) in [5.74, 6) is 0.499. The van der Waals surface area contributed by atoms with Gasteiger partial charge in [0.15, 0.2) is 0 Å². The number of allylic oxidation sites excluding steroid dienone is 1. The Bertz CT molecular complexity index is 159. The third kappa shape index (κ3) is 5.96. The van der Waals surface area contributed by atoms with Crippen molar-refractivity contribution in [2.24, 2.45) is 11.8 Å². The Kier molecular flexibility index (Phi) is 5.43. The average molecular weight is 170 g/mol. The molecule has 0 aromatic rings. The quantitative estimate of drug-likeness (QED) is 0.644. The molecule has 0 aromatic heterocycles. The van der Waals surface area contributed by atoms with Crippen LogP contribution in [-0.4, -0.2) is 11.1 Å². The van der Waals surface area contributed by atoms with E-state index in [1.807, 2.05) is 0 Å². The van der Waals surface area contributed by atoms with Gasteiger partial charge in [-0.2, -0.15) is 0 Å². The van der Waals surface area contributed by atoms with E-state index in [0.717, 1.165) is 12.8 Å². The summed E-state index contributed by atoms with van der Waals surface area (Å²) in [6.07, 6.45) is 4.88. The standard InChI is InChI=1S/C10H18O2/c1-8(2)9(3)6-4-5-7-10(11)12/h5,7-9H,4,6H2,1-3H3,(H,11,12)/b7-5+. The van der Waals surface area contributed by atoms with Gasteiger partial charge in [-0.15, -0.1) is 0 Å². The molecule has 1 unspecified atom stereocenters. The number of rotatable bonds is 5. The first kappa shape index (κ1) is 11.2. The molecule has 0 radical (unpaired) electrons. The molecule has 0 saturated heterocycles. The lowest BCUT2D eigenvalue weighted by Gasteiger charge is -2.13. The molecule has 0 rings (SSSR count). The van der Waals surface area contributed by atoms with Gasteiger partial charge < -0.3 is 5.11 Å². The van der Waals surface area contributed by atoms with Gasteiger partial charge in [0.05, 0.1) is 0 Å². The molecule has 0 aliphatic rings. The van der Waals surface area contributed by atoms with E-state index in [2.05, 4.69) is 20.8 Å². The van der Waals surface area contributed by atoms with Gasteiger partial charge in [0.25, 0.3) is 0 Å². The fourth-order valence-electron chi connectivity index (χ4n) is 0.877. The van der Waals surface area contributed by atoms with Crippen molar-refractivity contribution in [3.8, 4) is 0 Å². The van der Waals surface area contributed by atoms with Gasteiger partial charge in [-0.3, -0.25) is 0 Å². The minimum atomic E-state index is -0.854. The molecule has 0 spiro atoms. The van der Waals surface area contributed by atoms with Gasteiger partial charge in [0.2, 0.25) is 0 Å². The van der Waals surface area contributed by atoms with Crippen molar-refractivity contribution < 1.29 is 9.90 Å². The van der Waals surface area contributed by atoms with Crippen LogP contribution in [0.2, 0.25) is 0 Å². The number of carbonyl (C=O) groups is 1. The SMILES string of the molecule is CC(C)C(C)CC/C=C/C(=O)O. The molecular weight excluding hydrogens is 152 g/mol. The fraction of sp³-hybridized carbons (Fsp3) is 0.700. The van der Waals surface area contributed by atoms with Gasteiger partial charge in [0.1, 0.15) is 0 Å². The summed E-state index contributed by atoms with van der Waals surface area (Å²) in [5.41, 5.74) is 0. The fourth-order valence-corrected chi connectivity index (χ4v) is 0.877. The van der Waals surface area contributed by atoms with Crippen molar-refractivity contribution in [2.45, 2.75) is 33.6 Å². The topological polar surface area (TPSA) is 37.3 Å². The number of carboxylic acid groups (broad SMARTS) is 1. The summed E-state index contributed by atoms with van der Waals surface area (Å²) in [5, 5.41) is 8.30. The zero-order chi connectivity index (χ0) is 9.56. The number of aliphatic carboxylic acids is 1. The molecule has 0 fully saturated rings. The molecular formula is C10H18O2. The molecule has 0 aromatic carbocycles. The van der Waals surface area contributed by atoms with Crippen LogP contribution in [0.25, 0.3) is 0 Å². The van der Waals surface area contributed by atoms with Crippen LogP contribution in [0.5, 0.6) is 0 Å². The van der Waals surface area contributed by atoms with Gasteiger partial charge in [-0.05, 0) is 24.7 Å². The number of carboxylic acids is 1. The van der Waals surface area contributed by atoms with E-state index in [1.54, 1.807) is 6.08 Å². The molecule has 12 heavy (non-hydrogen) atoms. The monoisotopic (exact) mass is 170 g/mol. The van der Waals surface area contributed by atoms with E-state index < -0.39 is 5.97 Å². The van der Waals surface area contributed by atoms with E-state index in [-0.39, 0.29) is 0 Å². The first-order valence-corrected chi connectivity index (χ1v) is 4.43. The highest BCUT2D eigenvalue weighted by Crippen LogP contribution is 2.15. The van der Waals surface area contributed by atoms with Crippen LogP contribution in [0.15, 0.2) is 12.2 Å². The van der Waals surface area contributed by atoms with Crippen molar-refractivity contribution in [1.82, 2.24) is 0 Å². The Balaban J connectivity index is 3.49. The van der Waals surface area contributed by atoms with Crippen LogP contribution >= 0.6 is 0 Å². The zero-order valence-electron chi connectivity index (χ0n) is 8.08. The summed E-state index contributed by atoms with van der Waals surface area (Å²) in [7, 11) is 0. The Hall–Kier alpha value is -0.790. The van der Waals surface area contributed by atoms with Crippen LogP contribution in [0.4, 0.5) is 0 Å². The second-order valence-corrected chi connectivity index (χ2v) is 3.54. The second kappa shape index (κ2) is 5.81. The third-order valence-corrected chi connectivity index (χ3v) is 2.19. The number of hydrogen-bond donors (Lipinski definition) is 1. The van der Waals surface area contributed by atoms with E-state index >= 15 is 0 Å². The lowest BCUT2D eigenvalue weighted by atomic mass is 9.93. The summed E-state index contributed by atoms with van der Waals surface area (Å²) in [6.45, 7) is 6.57. The maximum Gasteiger partial charge on any atom is 0.327 e. The predicted molar refractivity (Wildman–Crippen MR) is 50.0 cm³/mol. The molecule has 1 N–H and O–H groups in total. The highest BCUT2D eigenvalue weighted by Gasteiger charge is 2.04. The van der Waals surface area contributed by atoms with Gasteiger partial charge in [-0.25, -0.2) is 4.79 Å². The maximum atomic E-state index is 10.1. The minimum Gasteiger partial charge on any atom is -0.478 e. The van der Waals surface area contributed by atoms with Gasteiger partial charge >= 0.3 is 5.97 Å². The lowest BCUT2D eigenvalue weighted by Crippen LogP contribution is -2.02. The highest BCUT2D eigenvalue weighted by molar-refractivity contribution is 5.79. The summed E-state index contributed by atoms with van der Waals surface area (Å²) >= 11 is 0. The molecule has 0 heterocycles. The molecule has 2 heteroatoms. The van der Waals surface area contributed by atoms with Gasteiger partial charge in [-0.1, -0.05) is 26.8 Å². The number of hydrogen-bond acceptors (Lipinski definition) is 1. The minimum absolute atomic E-state index is 0.670. The van der Waals surface area contributed by atoms with Crippen LogP contribution in [0.3, 0.4) is 0 Å². The van der Waals surface area contributed by atoms with Crippen molar-refractivity contribution in [1.29, 1.82) is 0 Å². The predicted octanol–water partition coefficient (Wildman–Crippen LogP) is 2.70. The smallest absolute Gasteiger partial charge is 0.327 e. The molecule has 0 aliphatic carbocycles. The van der Waals surface area contributed by atoms with E-state index in [0.29, 0.717) is 11.8 Å². The first-order chi connectivity index (χ1) is 5.54. The molecule has 0 amide bonds. The van der Waals surface area contributed by atoms with E-state index in [9.17, 15) is 4.79 Å². The van der Waals surface area contributed by atoms with Crippen LogP contribution in [0.1, 0.15) is 33.6 Å². The molecule has 70 valence electrons. The lowest BCUT2D eigenvalue weighted by molar-refractivity contribution is -0.131. The molecule has 0 aliphatic heterocycles. The molecule has 0 bridgehead atoms. The van der Waals surface area contributed by atoms with E-state index in [1.165, 1.54) is 6.08 Å². The van der Waals surface area contributed by atoms with Gasteiger partial charge in [0, 0.05) is 6.08 Å². The third-order valence-electron chi connectivity index (χ3n) is 2.19. The molecule has 1 atom stereocenters.